The highest BCUT2D eigenvalue weighted by atomic mass is 16.5. The zero-order valence-corrected chi connectivity index (χ0v) is 14.6. The predicted octanol–water partition coefficient (Wildman–Crippen LogP) is 3.46. The van der Waals surface area contributed by atoms with Gasteiger partial charge in [-0.05, 0) is 37.1 Å². The molecule has 0 unspecified atom stereocenters. The van der Waals surface area contributed by atoms with Crippen molar-refractivity contribution >= 4 is 22.6 Å². The topological polar surface area (TPSA) is 66.8 Å². The first kappa shape index (κ1) is 17.3. The summed E-state index contributed by atoms with van der Waals surface area (Å²) in [7, 11) is 1.57. The van der Waals surface area contributed by atoms with Gasteiger partial charge in [-0.1, -0.05) is 36.4 Å². The molecule has 0 spiro atoms. The van der Waals surface area contributed by atoms with E-state index in [4.69, 9.17) is 4.74 Å². The molecule has 1 aliphatic rings. The lowest BCUT2D eigenvalue weighted by Crippen LogP contribution is -2.57. The van der Waals surface area contributed by atoms with E-state index in [1.165, 1.54) is 11.8 Å². The standard InChI is InChI=1S/C20H23NO4/c1-14(22)21(2)20(19(23)24)12-10-16(11-13-20)25-18-9-5-7-15-6-3-4-8-17(15)18/h3-9,16H,10-13H2,1-2H3,(H,23,24). The summed E-state index contributed by atoms with van der Waals surface area (Å²) in [4.78, 5) is 24.9. The van der Waals surface area contributed by atoms with Crippen LogP contribution in [0.3, 0.4) is 0 Å². The van der Waals surface area contributed by atoms with E-state index in [1.54, 1.807) is 7.05 Å². The van der Waals surface area contributed by atoms with Gasteiger partial charge in [0.15, 0.2) is 0 Å². The molecule has 25 heavy (non-hydrogen) atoms. The second-order valence-electron chi connectivity index (χ2n) is 6.71. The van der Waals surface area contributed by atoms with Gasteiger partial charge in [-0.3, -0.25) is 4.79 Å². The molecule has 1 amide bonds. The number of benzene rings is 2. The Bertz CT molecular complexity index is 788. The molecular formula is C20H23NO4. The van der Waals surface area contributed by atoms with Crippen molar-refractivity contribution in [2.45, 2.75) is 44.2 Å². The van der Waals surface area contributed by atoms with Crippen molar-refractivity contribution in [1.82, 2.24) is 4.90 Å². The van der Waals surface area contributed by atoms with Crippen LogP contribution in [0.5, 0.6) is 5.75 Å². The molecule has 2 aromatic rings. The number of ether oxygens (including phenoxy) is 1. The highest BCUT2D eigenvalue weighted by Gasteiger charge is 2.47. The SMILES string of the molecule is CC(=O)N(C)C1(C(=O)O)CCC(Oc2cccc3ccccc23)CC1. The molecule has 5 heteroatoms. The average molecular weight is 341 g/mol. The summed E-state index contributed by atoms with van der Waals surface area (Å²) in [6, 6.07) is 14.0. The average Bonchev–Trinajstić information content (AvgIpc) is 2.62. The Balaban J connectivity index is 1.76. The summed E-state index contributed by atoms with van der Waals surface area (Å²) >= 11 is 0. The number of rotatable bonds is 4. The molecule has 0 aliphatic heterocycles. The van der Waals surface area contributed by atoms with E-state index in [2.05, 4.69) is 0 Å². The minimum absolute atomic E-state index is 0.0429. The first-order valence-corrected chi connectivity index (χ1v) is 8.56. The summed E-state index contributed by atoms with van der Waals surface area (Å²) in [6.45, 7) is 1.41. The van der Waals surface area contributed by atoms with Crippen LogP contribution in [0.4, 0.5) is 0 Å². The van der Waals surface area contributed by atoms with Gasteiger partial charge in [0.25, 0.3) is 0 Å². The van der Waals surface area contributed by atoms with Gasteiger partial charge in [-0.25, -0.2) is 4.79 Å². The van der Waals surface area contributed by atoms with Gasteiger partial charge in [0, 0.05) is 19.4 Å². The van der Waals surface area contributed by atoms with Crippen LogP contribution in [-0.4, -0.2) is 40.6 Å². The van der Waals surface area contributed by atoms with Crippen LogP contribution in [0.1, 0.15) is 32.6 Å². The summed E-state index contributed by atoms with van der Waals surface area (Å²) in [6.07, 6.45) is 1.96. The molecule has 132 valence electrons. The number of carboxylic acids is 1. The molecule has 1 N–H and O–H groups in total. The van der Waals surface area contributed by atoms with Gasteiger partial charge >= 0.3 is 5.97 Å². The Morgan fingerprint density at radius 1 is 1.12 bits per heavy atom. The molecule has 0 aromatic heterocycles. The van der Waals surface area contributed by atoms with Gasteiger partial charge in [0.05, 0.1) is 6.10 Å². The van der Waals surface area contributed by atoms with Crippen molar-refractivity contribution in [2.75, 3.05) is 7.05 Å². The number of amides is 1. The van der Waals surface area contributed by atoms with Crippen LogP contribution in [0, 0.1) is 0 Å². The second kappa shape index (κ2) is 6.75. The van der Waals surface area contributed by atoms with Crippen LogP contribution in [0.2, 0.25) is 0 Å². The van der Waals surface area contributed by atoms with Crippen LogP contribution in [0.25, 0.3) is 10.8 Å². The molecule has 1 aliphatic carbocycles. The van der Waals surface area contributed by atoms with Crippen LogP contribution >= 0.6 is 0 Å². The van der Waals surface area contributed by atoms with Gasteiger partial charge in [0.2, 0.25) is 5.91 Å². The third-order valence-electron chi connectivity index (χ3n) is 5.32. The number of carbonyl (C=O) groups is 2. The number of carbonyl (C=O) groups excluding carboxylic acids is 1. The van der Waals surface area contributed by atoms with Gasteiger partial charge < -0.3 is 14.7 Å². The number of likely N-dealkylation sites (N-methyl/N-ethyl adjacent to an activating group) is 1. The quantitative estimate of drug-likeness (QED) is 0.925. The molecule has 0 atom stereocenters. The molecule has 5 nitrogen and oxygen atoms in total. The van der Waals surface area contributed by atoms with Crippen LogP contribution < -0.4 is 4.74 Å². The van der Waals surface area contributed by atoms with Crippen molar-refractivity contribution < 1.29 is 19.4 Å². The Labute approximate surface area is 147 Å². The van der Waals surface area contributed by atoms with Crippen molar-refractivity contribution in [1.29, 1.82) is 0 Å². The first-order chi connectivity index (χ1) is 11.9. The third kappa shape index (κ3) is 3.18. The number of aliphatic carboxylic acids is 1. The fraction of sp³-hybridized carbons (Fsp3) is 0.400. The minimum Gasteiger partial charge on any atom is -0.490 e. The van der Waals surface area contributed by atoms with E-state index in [1.807, 2.05) is 42.5 Å². The van der Waals surface area contributed by atoms with E-state index >= 15 is 0 Å². The summed E-state index contributed by atoms with van der Waals surface area (Å²) in [5, 5.41) is 11.9. The van der Waals surface area contributed by atoms with E-state index in [0.29, 0.717) is 25.7 Å². The summed E-state index contributed by atoms with van der Waals surface area (Å²) < 4.78 is 6.19. The molecular weight excluding hydrogens is 318 g/mol. The number of nitrogens with zero attached hydrogens (tertiary/aromatic N) is 1. The Hall–Kier alpha value is -2.56. The van der Waals surface area contributed by atoms with E-state index < -0.39 is 11.5 Å². The molecule has 0 bridgehead atoms. The maximum absolute atomic E-state index is 11.8. The van der Waals surface area contributed by atoms with Crippen LogP contribution in [0.15, 0.2) is 42.5 Å². The highest BCUT2D eigenvalue weighted by molar-refractivity contribution is 5.88. The number of hydrogen-bond acceptors (Lipinski definition) is 3. The summed E-state index contributed by atoms with van der Waals surface area (Å²) in [5.41, 5.74) is -1.12. The Morgan fingerprint density at radius 2 is 1.76 bits per heavy atom. The van der Waals surface area contributed by atoms with Crippen LogP contribution in [-0.2, 0) is 9.59 Å². The van der Waals surface area contributed by atoms with E-state index in [9.17, 15) is 14.7 Å². The highest BCUT2D eigenvalue weighted by Crippen LogP contribution is 2.36. The number of hydrogen-bond donors (Lipinski definition) is 1. The van der Waals surface area contributed by atoms with Gasteiger partial charge in [0.1, 0.15) is 11.3 Å². The van der Waals surface area contributed by atoms with Gasteiger partial charge in [-0.15, -0.1) is 0 Å². The van der Waals surface area contributed by atoms with Crippen molar-refractivity contribution in [3.05, 3.63) is 42.5 Å². The predicted molar refractivity (Wildman–Crippen MR) is 95.6 cm³/mol. The normalized spacial score (nSPS) is 23.2. The Kier molecular flexibility index (Phi) is 4.66. The maximum Gasteiger partial charge on any atom is 0.329 e. The summed E-state index contributed by atoms with van der Waals surface area (Å²) in [5.74, 6) is -0.338. The zero-order chi connectivity index (χ0) is 18.0. The lowest BCUT2D eigenvalue weighted by atomic mass is 9.79. The second-order valence-corrected chi connectivity index (χ2v) is 6.71. The zero-order valence-electron chi connectivity index (χ0n) is 14.6. The van der Waals surface area contributed by atoms with Crippen molar-refractivity contribution in [2.24, 2.45) is 0 Å². The maximum atomic E-state index is 11.8. The molecule has 2 aromatic carbocycles. The minimum atomic E-state index is -1.12. The number of carboxylic acid groups (broad SMARTS) is 1. The lowest BCUT2D eigenvalue weighted by Gasteiger charge is -2.42. The molecule has 1 fully saturated rings. The van der Waals surface area contributed by atoms with Crippen molar-refractivity contribution in [3.8, 4) is 5.75 Å². The fourth-order valence-electron chi connectivity index (χ4n) is 3.66. The fourth-order valence-corrected chi connectivity index (χ4v) is 3.66. The van der Waals surface area contributed by atoms with Crippen molar-refractivity contribution in [3.63, 3.8) is 0 Å². The molecule has 0 heterocycles. The smallest absolute Gasteiger partial charge is 0.329 e. The largest absolute Gasteiger partial charge is 0.490 e. The number of fused-ring (bicyclic) bond motifs is 1. The van der Waals surface area contributed by atoms with Gasteiger partial charge in [-0.2, -0.15) is 0 Å². The molecule has 0 saturated heterocycles. The van der Waals surface area contributed by atoms with E-state index in [-0.39, 0.29) is 12.0 Å². The molecule has 3 rings (SSSR count). The van der Waals surface area contributed by atoms with E-state index in [0.717, 1.165) is 16.5 Å². The third-order valence-corrected chi connectivity index (χ3v) is 5.32. The lowest BCUT2D eigenvalue weighted by molar-refractivity contribution is -0.160. The molecule has 0 radical (unpaired) electrons. The monoisotopic (exact) mass is 341 g/mol. The Morgan fingerprint density at radius 3 is 2.40 bits per heavy atom. The first-order valence-electron chi connectivity index (χ1n) is 8.56. The molecule has 1 saturated carbocycles.